The highest BCUT2D eigenvalue weighted by Gasteiger charge is 2.08. The fourth-order valence-corrected chi connectivity index (χ4v) is 1.10. The first kappa shape index (κ1) is 11.0. The van der Waals surface area contributed by atoms with Crippen LogP contribution in [0.1, 0.15) is 6.42 Å². The van der Waals surface area contributed by atoms with E-state index in [2.05, 4.69) is 5.32 Å². The lowest BCUT2D eigenvalue weighted by Gasteiger charge is -2.08. The molecule has 80 valence electrons. The van der Waals surface area contributed by atoms with Crippen LogP contribution in [0, 0.1) is 0 Å². The summed E-state index contributed by atoms with van der Waals surface area (Å²) in [5, 5.41) is 2.53. The maximum atomic E-state index is 11.2. The molecule has 0 bridgehead atoms. The number of para-hydroxylation sites is 2. The monoisotopic (exact) mass is 208 g/mol. The molecule has 1 aromatic rings. The van der Waals surface area contributed by atoms with Crippen molar-refractivity contribution in [1.29, 1.82) is 0 Å². The highest BCUT2D eigenvalue weighted by Crippen LogP contribution is 2.22. The van der Waals surface area contributed by atoms with E-state index in [1.165, 1.54) is 7.11 Å². The second kappa shape index (κ2) is 4.99. The summed E-state index contributed by atoms with van der Waals surface area (Å²) in [5.41, 5.74) is 5.41. The number of hydrogen-bond donors (Lipinski definition) is 2. The molecule has 0 fully saturated rings. The SMILES string of the molecule is COc1ccccc1NC(=O)CC(N)=O. The van der Waals surface area contributed by atoms with Crippen LogP contribution in [0.2, 0.25) is 0 Å². The van der Waals surface area contributed by atoms with Crippen LogP contribution < -0.4 is 15.8 Å². The molecule has 3 N–H and O–H groups in total. The Hall–Kier alpha value is -2.04. The van der Waals surface area contributed by atoms with Gasteiger partial charge in [0.2, 0.25) is 11.8 Å². The van der Waals surface area contributed by atoms with Gasteiger partial charge in [-0.2, -0.15) is 0 Å². The number of nitrogens with two attached hydrogens (primary N) is 1. The Morgan fingerprint density at radius 3 is 2.67 bits per heavy atom. The number of hydrogen-bond acceptors (Lipinski definition) is 3. The molecule has 15 heavy (non-hydrogen) atoms. The number of nitrogens with one attached hydrogen (secondary N) is 1. The number of rotatable bonds is 4. The Morgan fingerprint density at radius 1 is 1.40 bits per heavy atom. The second-order valence-electron chi connectivity index (χ2n) is 2.89. The van der Waals surface area contributed by atoms with Crippen LogP contribution in [0.25, 0.3) is 0 Å². The van der Waals surface area contributed by atoms with Crippen LogP contribution in [0.15, 0.2) is 24.3 Å². The van der Waals surface area contributed by atoms with E-state index in [0.717, 1.165) is 0 Å². The molecule has 0 aliphatic heterocycles. The van der Waals surface area contributed by atoms with Gasteiger partial charge in [-0.1, -0.05) is 12.1 Å². The van der Waals surface area contributed by atoms with E-state index in [9.17, 15) is 9.59 Å². The fraction of sp³-hybridized carbons (Fsp3) is 0.200. The Morgan fingerprint density at radius 2 is 2.07 bits per heavy atom. The number of carbonyl (C=O) groups is 2. The lowest BCUT2D eigenvalue weighted by molar-refractivity contribution is -0.124. The Bertz CT molecular complexity index is 377. The number of methoxy groups -OCH3 is 1. The van der Waals surface area contributed by atoms with E-state index in [0.29, 0.717) is 11.4 Å². The van der Waals surface area contributed by atoms with Crippen LogP contribution in [0.4, 0.5) is 5.69 Å². The van der Waals surface area contributed by atoms with Gasteiger partial charge in [0.15, 0.2) is 0 Å². The van der Waals surface area contributed by atoms with Gasteiger partial charge in [0.05, 0.1) is 12.8 Å². The summed E-state index contributed by atoms with van der Waals surface area (Å²) in [6.07, 6.45) is -0.335. The minimum atomic E-state index is -0.664. The molecule has 0 heterocycles. The maximum absolute atomic E-state index is 11.2. The summed E-state index contributed by atoms with van der Waals surface area (Å²) in [6, 6.07) is 6.92. The summed E-state index contributed by atoms with van der Waals surface area (Å²) in [7, 11) is 1.50. The average Bonchev–Trinajstić information content (AvgIpc) is 2.17. The Balaban J connectivity index is 2.71. The number of primary amides is 1. The molecule has 2 amide bonds. The first-order valence-corrected chi connectivity index (χ1v) is 4.34. The van der Waals surface area contributed by atoms with Gasteiger partial charge in [-0.25, -0.2) is 0 Å². The van der Waals surface area contributed by atoms with Crippen LogP contribution in [0.5, 0.6) is 5.75 Å². The minimum absolute atomic E-state index is 0.335. The molecule has 0 radical (unpaired) electrons. The molecule has 1 aromatic carbocycles. The Kier molecular flexibility index (Phi) is 3.68. The zero-order valence-corrected chi connectivity index (χ0v) is 8.32. The number of anilines is 1. The van der Waals surface area contributed by atoms with Crippen molar-refractivity contribution < 1.29 is 14.3 Å². The van der Waals surface area contributed by atoms with E-state index in [-0.39, 0.29) is 6.42 Å². The van der Waals surface area contributed by atoms with Crippen molar-refractivity contribution in [3.8, 4) is 5.75 Å². The van der Waals surface area contributed by atoms with Crippen LogP contribution in [0.3, 0.4) is 0 Å². The third-order valence-corrected chi connectivity index (χ3v) is 1.72. The summed E-state index contributed by atoms with van der Waals surface area (Å²) < 4.78 is 5.02. The van der Waals surface area contributed by atoms with Crippen molar-refractivity contribution in [2.75, 3.05) is 12.4 Å². The van der Waals surface area contributed by atoms with E-state index in [4.69, 9.17) is 10.5 Å². The third kappa shape index (κ3) is 3.30. The zero-order valence-electron chi connectivity index (χ0n) is 8.32. The topological polar surface area (TPSA) is 81.4 Å². The maximum Gasteiger partial charge on any atom is 0.233 e. The molecule has 0 aromatic heterocycles. The van der Waals surface area contributed by atoms with Gasteiger partial charge in [-0.15, -0.1) is 0 Å². The summed E-state index contributed by atoms with van der Waals surface area (Å²) in [5.74, 6) is -0.579. The minimum Gasteiger partial charge on any atom is -0.495 e. The third-order valence-electron chi connectivity index (χ3n) is 1.72. The lowest BCUT2D eigenvalue weighted by Crippen LogP contribution is -2.21. The van der Waals surface area contributed by atoms with Gasteiger partial charge in [0.25, 0.3) is 0 Å². The number of benzene rings is 1. The molecule has 5 heteroatoms. The van der Waals surface area contributed by atoms with Crippen LogP contribution in [-0.2, 0) is 9.59 Å². The highest BCUT2D eigenvalue weighted by molar-refractivity contribution is 6.03. The van der Waals surface area contributed by atoms with Crippen molar-refractivity contribution >= 4 is 17.5 Å². The highest BCUT2D eigenvalue weighted by atomic mass is 16.5. The smallest absolute Gasteiger partial charge is 0.233 e. The number of carbonyl (C=O) groups excluding carboxylic acids is 2. The van der Waals surface area contributed by atoms with Gasteiger partial charge < -0.3 is 15.8 Å². The first-order chi connectivity index (χ1) is 7.13. The molecule has 0 saturated carbocycles. The van der Waals surface area contributed by atoms with Gasteiger partial charge in [0.1, 0.15) is 12.2 Å². The van der Waals surface area contributed by atoms with Crippen molar-refractivity contribution in [3.05, 3.63) is 24.3 Å². The van der Waals surface area contributed by atoms with E-state index in [1.54, 1.807) is 24.3 Å². The van der Waals surface area contributed by atoms with Crippen molar-refractivity contribution in [2.24, 2.45) is 5.73 Å². The largest absolute Gasteiger partial charge is 0.495 e. The fourth-order valence-electron chi connectivity index (χ4n) is 1.10. The standard InChI is InChI=1S/C10H12N2O3/c1-15-8-5-3-2-4-7(8)12-10(14)6-9(11)13/h2-5H,6H2,1H3,(H2,11,13)(H,12,14). The lowest BCUT2D eigenvalue weighted by atomic mass is 10.3. The molecule has 5 nitrogen and oxygen atoms in total. The summed E-state index contributed by atoms with van der Waals surface area (Å²) in [6.45, 7) is 0. The molecule has 1 rings (SSSR count). The molecule has 0 saturated heterocycles. The predicted molar refractivity (Wildman–Crippen MR) is 55.4 cm³/mol. The molecular weight excluding hydrogens is 196 g/mol. The van der Waals surface area contributed by atoms with Gasteiger partial charge >= 0.3 is 0 Å². The summed E-state index contributed by atoms with van der Waals surface area (Å²) in [4.78, 5) is 21.7. The number of amides is 2. The predicted octanol–water partition coefficient (Wildman–Crippen LogP) is 0.509. The molecule has 0 atom stereocenters. The van der Waals surface area contributed by atoms with Gasteiger partial charge in [0, 0.05) is 0 Å². The van der Waals surface area contributed by atoms with Crippen LogP contribution in [-0.4, -0.2) is 18.9 Å². The quantitative estimate of drug-likeness (QED) is 0.707. The van der Waals surface area contributed by atoms with Gasteiger partial charge in [-0.3, -0.25) is 9.59 Å². The van der Waals surface area contributed by atoms with E-state index >= 15 is 0 Å². The van der Waals surface area contributed by atoms with Crippen molar-refractivity contribution in [3.63, 3.8) is 0 Å². The van der Waals surface area contributed by atoms with E-state index < -0.39 is 11.8 Å². The van der Waals surface area contributed by atoms with Gasteiger partial charge in [-0.05, 0) is 12.1 Å². The molecule has 0 aliphatic rings. The Labute approximate surface area is 87.2 Å². The van der Waals surface area contributed by atoms with E-state index in [1.807, 2.05) is 0 Å². The van der Waals surface area contributed by atoms with Crippen LogP contribution >= 0.6 is 0 Å². The normalized spacial score (nSPS) is 9.40. The van der Waals surface area contributed by atoms with Crippen molar-refractivity contribution in [2.45, 2.75) is 6.42 Å². The first-order valence-electron chi connectivity index (χ1n) is 4.34. The summed E-state index contributed by atoms with van der Waals surface area (Å²) >= 11 is 0. The molecule has 0 spiro atoms. The second-order valence-corrected chi connectivity index (χ2v) is 2.89. The average molecular weight is 208 g/mol. The number of ether oxygens (including phenoxy) is 1. The zero-order chi connectivity index (χ0) is 11.3. The van der Waals surface area contributed by atoms with Crippen molar-refractivity contribution in [1.82, 2.24) is 0 Å². The molecule has 0 aliphatic carbocycles. The molecular formula is C10H12N2O3. The molecule has 0 unspecified atom stereocenters.